The van der Waals surface area contributed by atoms with Crippen LogP contribution < -0.4 is 49.1 Å². The number of aryl methyl sites for hydroxylation is 1. The summed E-state index contributed by atoms with van der Waals surface area (Å²) in [5, 5.41) is 52.5. The SMILES string of the molecule is COC1C(OP(=O)(O)OCC2SC(n3cnc4c(=O)[nH]c(N)nc43)C(O)C2OP(=O)(O)OCC2OC(n3cnc4c(=O)[nH]c(N)nc43)C(O)C2O)C(COP(=O)(O)OP(=O)([O-])OP(=O)(O)OCC2OC(n3c[n+](C)c4c(=O)[nH]c(N)nc43)C(O)C2O)OC1n1cnc2c(N)ncnc21. The van der Waals surface area contributed by atoms with Crippen molar-refractivity contribution in [3.8, 4) is 0 Å². The van der Waals surface area contributed by atoms with Crippen LogP contribution in [-0.2, 0) is 84.6 Å². The molecular formula is C42H55N20O30P5S. The second kappa shape index (κ2) is 26.7. The van der Waals surface area contributed by atoms with Crippen molar-refractivity contribution in [1.29, 1.82) is 0 Å². The molecule has 12 rings (SSSR count). The van der Waals surface area contributed by atoms with E-state index in [9.17, 15) is 87.2 Å². The Hall–Kier alpha value is -6.58. The van der Waals surface area contributed by atoms with Gasteiger partial charge in [0.05, 0.1) is 57.7 Å². The molecule has 50 nitrogen and oxygen atoms in total. The van der Waals surface area contributed by atoms with Crippen molar-refractivity contribution < 1.29 is 132 Å². The van der Waals surface area contributed by atoms with Crippen LogP contribution in [0.15, 0.2) is 46.0 Å². The van der Waals surface area contributed by atoms with Gasteiger partial charge in [-0.3, -0.25) is 74.7 Å². The van der Waals surface area contributed by atoms with E-state index in [1.807, 2.05) is 0 Å². The van der Waals surface area contributed by atoms with Gasteiger partial charge in [0.25, 0.3) is 30.1 Å². The Morgan fingerprint density at radius 2 is 1.01 bits per heavy atom. The van der Waals surface area contributed by atoms with Crippen molar-refractivity contribution in [2.24, 2.45) is 7.05 Å². The van der Waals surface area contributed by atoms with E-state index < -0.39 is 185 Å². The van der Waals surface area contributed by atoms with Gasteiger partial charge in [-0.05, 0) is 0 Å². The molecule has 0 amide bonds. The number of imidazole rings is 4. The average molecular weight is 1510 g/mol. The van der Waals surface area contributed by atoms with E-state index in [0.717, 1.165) is 50.7 Å². The molecule has 0 radical (unpaired) electrons. The number of aromatic nitrogens is 16. The summed E-state index contributed by atoms with van der Waals surface area (Å²) in [6.45, 7) is -4.79. The van der Waals surface area contributed by atoms with Gasteiger partial charge in [-0.2, -0.15) is 19.5 Å². The molecule has 0 spiro atoms. The summed E-state index contributed by atoms with van der Waals surface area (Å²) < 4.78 is 136. The lowest BCUT2D eigenvalue weighted by Crippen LogP contribution is -2.38. The number of aliphatic hydroxyl groups is 5. The number of methoxy groups -OCH3 is 1. The Morgan fingerprint density at radius 1 is 0.551 bits per heavy atom. The standard InChI is InChI=1S/C42H55N20O30P5S/c1-58-11-62(32-19(58)35(70)57-42(46)54-32)37-23(66)21(64)13(87-37)4-83-95(75,76)91-97(79,80)92-96(77,78)84-5-14-25(27(81-2)38(88-14)59-8-49-16-28(43)47-7-48-29(16)59)89-94(73,74)85-6-15-26(24(67)39(98-15)61-10-51-18-31(61)53-41(45)56-34(18)69)90-93(71,72)82-3-12-20(63)22(65)36(86-12)60-9-50-17-30(60)52-40(44)55-33(17)68/h7-15,20-27,36-39,63-67H,3-6H2,1-2H3,(H15-,43,44,45,46,47,48,52,53,54,55,56,57,68,69,70,71,72,73,74,75,76,77,78,79,80). The van der Waals surface area contributed by atoms with Crippen molar-refractivity contribution >= 4 is 119 Å². The number of ether oxygens (including phenoxy) is 4. The molecule has 4 fully saturated rings. The highest BCUT2D eigenvalue weighted by Gasteiger charge is 2.55. The third-order valence-electron chi connectivity index (χ3n) is 15.2. The van der Waals surface area contributed by atoms with Gasteiger partial charge in [0.1, 0.15) is 84.4 Å². The summed E-state index contributed by atoms with van der Waals surface area (Å²) in [4.78, 5) is 134. The molecule has 98 heavy (non-hydrogen) atoms. The number of anilines is 4. The van der Waals surface area contributed by atoms with Gasteiger partial charge in [-0.15, -0.1) is 11.8 Å². The quantitative estimate of drug-likeness (QED) is 0.0187. The highest BCUT2D eigenvalue weighted by atomic mass is 32.2. The maximum absolute atomic E-state index is 14.3. The van der Waals surface area contributed by atoms with E-state index in [1.54, 1.807) is 0 Å². The second-order valence-electron chi connectivity index (χ2n) is 21.6. The van der Waals surface area contributed by atoms with Crippen LogP contribution in [0.3, 0.4) is 0 Å². The lowest BCUT2D eigenvalue weighted by molar-refractivity contribution is -0.646. The summed E-state index contributed by atoms with van der Waals surface area (Å²) in [7, 11) is -27.6. The van der Waals surface area contributed by atoms with Crippen molar-refractivity contribution in [1.82, 2.24) is 73.1 Å². The Bertz CT molecular complexity index is 4830. The van der Waals surface area contributed by atoms with Crippen molar-refractivity contribution in [3.63, 3.8) is 0 Å². The smallest absolute Gasteiger partial charge is 0.478 e. The number of nitrogens with two attached hydrogens (primary N) is 4. The maximum atomic E-state index is 14.3. The highest BCUT2D eigenvalue weighted by molar-refractivity contribution is 8.00. The van der Waals surface area contributed by atoms with Gasteiger partial charge in [-0.1, -0.05) is 0 Å². The molecule has 56 heteroatoms. The van der Waals surface area contributed by atoms with Crippen LogP contribution in [0.25, 0.3) is 44.7 Å². The molecule has 21 atom stereocenters. The fourth-order valence-electron chi connectivity index (χ4n) is 11.0. The molecule has 0 saturated carbocycles. The van der Waals surface area contributed by atoms with Crippen LogP contribution in [0, 0.1) is 0 Å². The number of phosphoric ester groups is 4. The molecule has 4 saturated heterocycles. The van der Waals surface area contributed by atoms with Crippen LogP contribution in [0.5, 0.6) is 0 Å². The molecule has 4 aliphatic rings. The molecule has 21 unspecified atom stereocenters. The van der Waals surface area contributed by atoms with E-state index in [2.05, 4.69) is 68.0 Å². The number of nitrogens with zero attached hydrogens (tertiary/aromatic N) is 13. The number of rotatable bonds is 25. The molecule has 12 heterocycles. The molecule has 0 aliphatic carbocycles. The first kappa shape index (κ1) is 71.3. The van der Waals surface area contributed by atoms with Gasteiger partial charge in [-0.25, -0.2) is 56.4 Å². The zero-order valence-electron chi connectivity index (χ0n) is 49.3. The summed E-state index contributed by atoms with van der Waals surface area (Å²) in [6.07, 6.45) is -20.0. The summed E-state index contributed by atoms with van der Waals surface area (Å²) in [6, 6.07) is 0. The molecule has 8 aromatic rings. The van der Waals surface area contributed by atoms with Crippen LogP contribution in [0.1, 0.15) is 24.1 Å². The third kappa shape index (κ3) is 14.1. The van der Waals surface area contributed by atoms with E-state index in [4.69, 9.17) is 64.5 Å². The lowest BCUT2D eigenvalue weighted by atomic mass is 10.1. The molecule has 0 aromatic carbocycles. The number of thioether (sulfide) groups is 1. The van der Waals surface area contributed by atoms with Crippen LogP contribution >= 0.6 is 50.9 Å². The minimum absolute atomic E-state index is 0.0287. The number of aromatic amines is 3. The largest absolute Gasteiger partial charge is 0.756 e. The van der Waals surface area contributed by atoms with Crippen molar-refractivity contribution in [2.75, 3.05) is 56.5 Å². The fraction of sp³-hybridized carbons (Fsp3) is 0.524. The van der Waals surface area contributed by atoms with E-state index in [1.165, 1.54) is 17.9 Å². The van der Waals surface area contributed by atoms with E-state index in [-0.39, 0.29) is 62.4 Å². The zero-order chi connectivity index (χ0) is 70.6. The number of nitrogen functional groups attached to an aromatic ring is 4. The van der Waals surface area contributed by atoms with E-state index in [0.29, 0.717) is 11.8 Å². The average Bonchev–Trinajstić information content (AvgIpc) is 1.62. The lowest BCUT2D eigenvalue weighted by Gasteiger charge is -2.28. The maximum Gasteiger partial charge on any atom is 0.478 e. The molecule has 534 valence electrons. The Balaban J connectivity index is 0.740. The minimum atomic E-state index is -6.56. The van der Waals surface area contributed by atoms with E-state index >= 15 is 0 Å². The van der Waals surface area contributed by atoms with Crippen LogP contribution in [0.4, 0.5) is 23.7 Å². The molecule has 8 aromatic heterocycles. The first-order valence-corrected chi connectivity index (χ1v) is 36.1. The Kier molecular flexibility index (Phi) is 19.4. The zero-order valence-corrected chi connectivity index (χ0v) is 54.6. The van der Waals surface area contributed by atoms with Gasteiger partial charge >= 0.3 is 36.9 Å². The van der Waals surface area contributed by atoms with Gasteiger partial charge in [0, 0.05) is 7.11 Å². The summed E-state index contributed by atoms with van der Waals surface area (Å²) >= 11 is 0.609. The predicted molar refractivity (Wildman–Crippen MR) is 316 cm³/mol. The van der Waals surface area contributed by atoms with Gasteiger partial charge < -0.3 is 91.9 Å². The molecule has 20 N–H and O–H groups in total. The third-order valence-corrected chi connectivity index (χ3v) is 23.0. The number of hydrogen-bond donors (Lipinski definition) is 16. The molecule has 4 aliphatic heterocycles. The Labute approximate surface area is 545 Å². The normalized spacial score (nSPS) is 30.7. The Morgan fingerprint density at radius 3 is 1.58 bits per heavy atom. The summed E-state index contributed by atoms with van der Waals surface area (Å²) in [5.74, 6) is -1.26. The number of H-pyrrole nitrogens is 3. The fourth-order valence-corrected chi connectivity index (χ4v) is 18.0. The number of phosphoric acid groups is 5. The monoisotopic (exact) mass is 1510 g/mol. The number of nitrogens with one attached hydrogen (secondary N) is 3. The predicted octanol–water partition coefficient (Wildman–Crippen LogP) is -6.15. The highest BCUT2D eigenvalue weighted by Crippen LogP contribution is 2.66. The van der Waals surface area contributed by atoms with Gasteiger partial charge in [0.15, 0.2) is 46.2 Å². The second-order valence-corrected chi connectivity index (χ2v) is 30.4. The number of aliphatic hydroxyl groups excluding tert-OH is 5. The van der Waals surface area contributed by atoms with Crippen LogP contribution in [0.2, 0.25) is 0 Å². The summed E-state index contributed by atoms with van der Waals surface area (Å²) in [5.41, 5.74) is 19.6. The van der Waals surface area contributed by atoms with Gasteiger partial charge in [0.2, 0.25) is 30.4 Å². The number of fused-ring (bicyclic) bond motifs is 4. The van der Waals surface area contributed by atoms with Crippen molar-refractivity contribution in [2.45, 2.75) is 96.5 Å². The first-order chi connectivity index (χ1) is 46.0. The minimum Gasteiger partial charge on any atom is -0.756 e. The van der Waals surface area contributed by atoms with Crippen LogP contribution in [-0.4, -0.2) is 224 Å². The molecular weight excluding hydrogens is 1450 g/mol. The van der Waals surface area contributed by atoms with Crippen molar-refractivity contribution in [3.05, 3.63) is 62.7 Å². The first-order valence-electron chi connectivity index (χ1n) is 27.7. The molecule has 0 bridgehead atoms. The number of hydrogen-bond acceptors (Lipinski definition) is 39. The topological polar surface area (TPSA) is 731 Å².